The molecule has 0 spiro atoms. The number of nitrogens with one attached hydrogen (secondary N) is 1. The maximum Gasteiger partial charge on any atom is 0.257 e. The molecule has 3 N–H and O–H groups in total. The van der Waals surface area contributed by atoms with Crippen molar-refractivity contribution in [3.05, 3.63) is 69.5 Å². The van der Waals surface area contributed by atoms with Crippen LogP contribution in [0.5, 0.6) is 17.2 Å². The molecule has 0 fully saturated rings. The van der Waals surface area contributed by atoms with Crippen LogP contribution in [-0.4, -0.2) is 51.1 Å². The molecule has 3 aromatic rings. The van der Waals surface area contributed by atoms with E-state index in [2.05, 4.69) is 20.6 Å². The number of carbonyl (C=O) groups is 1. The Morgan fingerprint density at radius 3 is 2.78 bits per heavy atom. The molecular weight excluding hydrogens is 420 g/mol. The van der Waals surface area contributed by atoms with E-state index in [1.807, 2.05) is 0 Å². The molecule has 0 amide bonds. The number of hydrogen-bond acceptors (Lipinski definition) is 10. The number of H-pyrrole nitrogens is 1. The number of para-hydroxylation sites is 1. The first-order chi connectivity index (χ1) is 15.5. The molecule has 32 heavy (non-hydrogen) atoms. The molecule has 2 aromatic carbocycles. The number of ether oxygens (including phenoxy) is 3. The van der Waals surface area contributed by atoms with Gasteiger partial charge in [0.25, 0.3) is 5.72 Å². The zero-order valence-corrected chi connectivity index (χ0v) is 16.9. The van der Waals surface area contributed by atoms with Crippen LogP contribution in [0.1, 0.15) is 34.6 Å². The SMILES string of the molecule is NC1(c2nn[nH]n2)COc2cccc(C(=O)c3ccc(OCCCC[N+](=O)[O-])cc3)c2O1. The summed E-state index contributed by atoms with van der Waals surface area (Å²) in [6.07, 6.45) is 1.01. The number of rotatable bonds is 9. The highest BCUT2D eigenvalue weighted by atomic mass is 16.6. The monoisotopic (exact) mass is 440 g/mol. The summed E-state index contributed by atoms with van der Waals surface area (Å²) < 4.78 is 17.2. The lowest BCUT2D eigenvalue weighted by Crippen LogP contribution is -2.51. The second kappa shape index (κ2) is 8.98. The van der Waals surface area contributed by atoms with Gasteiger partial charge in [0.05, 0.1) is 12.2 Å². The normalized spacial score (nSPS) is 17.0. The van der Waals surface area contributed by atoms with Crippen LogP contribution < -0.4 is 19.9 Å². The molecule has 0 saturated heterocycles. The average molecular weight is 440 g/mol. The van der Waals surface area contributed by atoms with Crippen LogP contribution >= 0.6 is 0 Å². The van der Waals surface area contributed by atoms with Gasteiger partial charge in [-0.05, 0) is 48.0 Å². The van der Waals surface area contributed by atoms with E-state index >= 15 is 0 Å². The zero-order chi connectivity index (χ0) is 22.6. The molecule has 0 bridgehead atoms. The van der Waals surface area contributed by atoms with Crippen molar-refractivity contribution in [3.63, 3.8) is 0 Å². The van der Waals surface area contributed by atoms with E-state index in [4.69, 9.17) is 19.9 Å². The summed E-state index contributed by atoms with van der Waals surface area (Å²) >= 11 is 0. The summed E-state index contributed by atoms with van der Waals surface area (Å²) in [5, 5.41) is 23.9. The molecule has 1 aliphatic heterocycles. The molecule has 1 unspecified atom stereocenters. The van der Waals surface area contributed by atoms with Gasteiger partial charge >= 0.3 is 0 Å². The summed E-state index contributed by atoms with van der Waals surface area (Å²) in [6.45, 7) is 0.221. The first-order valence-corrected chi connectivity index (χ1v) is 9.83. The van der Waals surface area contributed by atoms with Crippen molar-refractivity contribution in [2.24, 2.45) is 5.73 Å². The number of nitrogens with two attached hydrogens (primary N) is 1. The Morgan fingerprint density at radius 2 is 2.06 bits per heavy atom. The van der Waals surface area contributed by atoms with Crippen LogP contribution in [0.2, 0.25) is 0 Å². The van der Waals surface area contributed by atoms with Gasteiger partial charge in [0.2, 0.25) is 12.4 Å². The second-order valence-electron chi connectivity index (χ2n) is 7.11. The van der Waals surface area contributed by atoms with Crippen molar-refractivity contribution in [1.82, 2.24) is 20.6 Å². The Kier molecular flexibility index (Phi) is 5.94. The van der Waals surface area contributed by atoms with Crippen molar-refractivity contribution in [2.45, 2.75) is 18.6 Å². The van der Waals surface area contributed by atoms with Crippen LogP contribution in [0.15, 0.2) is 42.5 Å². The molecule has 2 heterocycles. The third-order valence-corrected chi connectivity index (χ3v) is 4.79. The molecule has 0 aliphatic carbocycles. The summed E-state index contributed by atoms with van der Waals surface area (Å²) in [5.74, 6) is 0.957. The Labute approximate surface area is 181 Å². The van der Waals surface area contributed by atoms with Crippen LogP contribution in [-0.2, 0) is 5.72 Å². The lowest BCUT2D eigenvalue weighted by Gasteiger charge is -2.33. The van der Waals surface area contributed by atoms with Gasteiger partial charge in [0.1, 0.15) is 12.4 Å². The minimum atomic E-state index is -1.50. The smallest absolute Gasteiger partial charge is 0.257 e. The predicted octanol–water partition coefficient (Wildman–Crippen LogP) is 1.45. The van der Waals surface area contributed by atoms with Crippen LogP contribution in [0.4, 0.5) is 0 Å². The third-order valence-electron chi connectivity index (χ3n) is 4.79. The number of tetrazole rings is 1. The highest BCUT2D eigenvalue weighted by Crippen LogP contribution is 2.40. The van der Waals surface area contributed by atoms with E-state index in [-0.39, 0.29) is 41.0 Å². The van der Waals surface area contributed by atoms with Crippen molar-refractivity contribution >= 4 is 5.78 Å². The number of aromatic nitrogens is 4. The van der Waals surface area contributed by atoms with Crippen LogP contribution in [0, 0.1) is 10.1 Å². The van der Waals surface area contributed by atoms with Crippen molar-refractivity contribution in [1.29, 1.82) is 0 Å². The van der Waals surface area contributed by atoms with Gasteiger partial charge in [0.15, 0.2) is 17.3 Å². The third kappa shape index (κ3) is 4.49. The lowest BCUT2D eigenvalue weighted by molar-refractivity contribution is -0.480. The molecule has 1 aliphatic rings. The molecule has 4 rings (SSSR count). The van der Waals surface area contributed by atoms with Crippen molar-refractivity contribution in [2.75, 3.05) is 19.8 Å². The van der Waals surface area contributed by atoms with Gasteiger partial charge in [-0.1, -0.05) is 6.07 Å². The predicted molar refractivity (Wildman–Crippen MR) is 109 cm³/mol. The molecule has 1 aromatic heterocycles. The molecule has 12 heteroatoms. The quantitative estimate of drug-likeness (QED) is 0.215. The number of benzene rings is 2. The molecule has 0 saturated carbocycles. The zero-order valence-electron chi connectivity index (χ0n) is 16.9. The van der Waals surface area contributed by atoms with E-state index in [0.717, 1.165) is 0 Å². The lowest BCUT2D eigenvalue weighted by atomic mass is 10.0. The number of unbranched alkanes of at least 4 members (excludes halogenated alkanes) is 1. The van der Waals surface area contributed by atoms with E-state index in [1.165, 1.54) is 0 Å². The van der Waals surface area contributed by atoms with Gasteiger partial charge in [-0.2, -0.15) is 5.21 Å². The topological polar surface area (TPSA) is 168 Å². The van der Waals surface area contributed by atoms with Crippen molar-refractivity contribution < 1.29 is 23.9 Å². The first kappa shape index (κ1) is 21.2. The number of nitro groups is 1. The van der Waals surface area contributed by atoms with E-state index < -0.39 is 5.72 Å². The molecule has 0 radical (unpaired) electrons. The largest absolute Gasteiger partial charge is 0.494 e. The van der Waals surface area contributed by atoms with Crippen molar-refractivity contribution in [3.8, 4) is 17.2 Å². The van der Waals surface area contributed by atoms with Crippen LogP contribution in [0.25, 0.3) is 0 Å². The van der Waals surface area contributed by atoms with E-state index in [1.54, 1.807) is 42.5 Å². The summed E-state index contributed by atoms with van der Waals surface area (Å²) in [5.41, 5.74) is 5.44. The molecule has 1 atom stereocenters. The van der Waals surface area contributed by atoms with Gasteiger partial charge < -0.3 is 14.2 Å². The van der Waals surface area contributed by atoms with Gasteiger partial charge in [-0.25, -0.2) is 0 Å². The molecule has 166 valence electrons. The first-order valence-electron chi connectivity index (χ1n) is 9.83. The Balaban J connectivity index is 1.47. The summed E-state index contributed by atoms with van der Waals surface area (Å²) in [4.78, 5) is 23.1. The minimum Gasteiger partial charge on any atom is -0.494 e. The molecular formula is C20H20N6O6. The average Bonchev–Trinajstić information content (AvgIpc) is 3.34. The number of fused-ring (bicyclic) bond motifs is 1. The maximum atomic E-state index is 13.2. The standard InChI is InChI=1S/C20H20N6O6/c21-20(19-22-24-25-23-19)12-31-16-5-3-4-15(18(16)32-20)17(27)13-6-8-14(9-7-13)30-11-2-1-10-26(28)29/h3-9H,1-2,10-12,21H2,(H,22,23,24,25). The number of nitrogens with zero attached hydrogens (tertiary/aromatic N) is 4. The second-order valence-corrected chi connectivity index (χ2v) is 7.11. The van der Waals surface area contributed by atoms with Crippen LogP contribution in [0.3, 0.4) is 0 Å². The number of hydrogen-bond donors (Lipinski definition) is 2. The maximum absolute atomic E-state index is 13.2. The Bertz CT molecular complexity index is 1100. The van der Waals surface area contributed by atoms with E-state index in [9.17, 15) is 14.9 Å². The van der Waals surface area contributed by atoms with E-state index in [0.29, 0.717) is 36.5 Å². The Hall–Kier alpha value is -4.06. The fourth-order valence-electron chi connectivity index (χ4n) is 3.15. The fraction of sp³-hybridized carbons (Fsp3) is 0.300. The highest BCUT2D eigenvalue weighted by Gasteiger charge is 2.41. The van der Waals surface area contributed by atoms with Gasteiger partial charge in [0, 0.05) is 16.9 Å². The minimum absolute atomic E-state index is 0.0507. The molecule has 12 nitrogen and oxygen atoms in total. The van der Waals surface area contributed by atoms with Gasteiger partial charge in [-0.3, -0.25) is 20.6 Å². The number of aromatic amines is 1. The van der Waals surface area contributed by atoms with Gasteiger partial charge in [-0.15, -0.1) is 10.2 Å². The number of carbonyl (C=O) groups excluding carboxylic acids is 1. The summed E-state index contributed by atoms with van der Waals surface area (Å²) in [7, 11) is 0. The number of ketones is 1. The Morgan fingerprint density at radius 1 is 1.25 bits per heavy atom. The summed E-state index contributed by atoms with van der Waals surface area (Å²) in [6, 6.07) is 11.6. The highest BCUT2D eigenvalue weighted by molar-refractivity contribution is 6.11. The fourth-order valence-corrected chi connectivity index (χ4v) is 3.15.